The van der Waals surface area contributed by atoms with Crippen LogP contribution in [0.5, 0.6) is 0 Å². The van der Waals surface area contributed by atoms with Crippen LogP contribution < -0.4 is 5.73 Å². The van der Waals surface area contributed by atoms with Gasteiger partial charge in [-0.15, -0.1) is 12.4 Å². The molecule has 0 bridgehead atoms. The van der Waals surface area contributed by atoms with E-state index in [1.807, 2.05) is 0 Å². The third kappa shape index (κ3) is 2.33. The molecule has 0 spiro atoms. The monoisotopic (exact) mass is 242 g/mol. The summed E-state index contributed by atoms with van der Waals surface area (Å²) in [6.45, 7) is 0. The van der Waals surface area contributed by atoms with E-state index in [1.54, 1.807) is 12.1 Å². The highest BCUT2D eigenvalue weighted by Crippen LogP contribution is 2.17. The number of anilines is 1. The van der Waals surface area contributed by atoms with E-state index in [2.05, 4.69) is 20.9 Å². The lowest BCUT2D eigenvalue weighted by Crippen LogP contribution is -1.89. The van der Waals surface area contributed by atoms with Gasteiger partial charge >= 0.3 is 0 Å². The van der Waals surface area contributed by atoms with Crippen molar-refractivity contribution in [3.05, 3.63) is 21.8 Å². The first-order valence-corrected chi connectivity index (χ1v) is 3.45. The second kappa shape index (κ2) is 4.01. The van der Waals surface area contributed by atoms with Gasteiger partial charge < -0.3 is 5.73 Å². The van der Waals surface area contributed by atoms with Crippen LogP contribution in [0.25, 0.3) is 0 Å². The molecule has 0 amide bonds. The Bertz CT molecular complexity index is 229. The molecule has 1 heterocycles. The molecule has 1 rings (SSSR count). The van der Waals surface area contributed by atoms with E-state index >= 15 is 0 Å². The van der Waals surface area contributed by atoms with E-state index in [-0.39, 0.29) is 12.4 Å². The molecule has 0 aliphatic carbocycles. The van der Waals surface area contributed by atoms with E-state index in [4.69, 9.17) is 17.3 Å². The van der Waals surface area contributed by atoms with E-state index < -0.39 is 0 Å². The number of hydrogen-bond acceptors (Lipinski definition) is 2. The van der Waals surface area contributed by atoms with Gasteiger partial charge in [-0.3, -0.25) is 0 Å². The summed E-state index contributed by atoms with van der Waals surface area (Å²) in [5.74, 6) is 0.353. The zero-order valence-electron chi connectivity index (χ0n) is 4.84. The van der Waals surface area contributed by atoms with Gasteiger partial charge in [-0.05, 0) is 28.1 Å². The Labute approximate surface area is 78.3 Å². The van der Waals surface area contributed by atoms with Crippen LogP contribution in [0.1, 0.15) is 0 Å². The van der Waals surface area contributed by atoms with Crippen molar-refractivity contribution in [3.63, 3.8) is 0 Å². The summed E-state index contributed by atoms with van der Waals surface area (Å²) < 4.78 is 0.699. The van der Waals surface area contributed by atoms with Crippen molar-refractivity contribution in [1.29, 1.82) is 0 Å². The first-order chi connectivity index (χ1) is 4.20. The Balaban J connectivity index is 0.000000810. The molecule has 0 aromatic carbocycles. The fourth-order valence-electron chi connectivity index (χ4n) is 0.433. The molecule has 1 aromatic rings. The van der Waals surface area contributed by atoms with Crippen molar-refractivity contribution in [2.24, 2.45) is 0 Å². The fourth-order valence-corrected chi connectivity index (χ4v) is 0.862. The molecule has 0 saturated heterocycles. The molecule has 5 heteroatoms. The predicted octanol–water partition coefficient (Wildman–Crippen LogP) is 2.50. The molecule has 0 saturated carbocycles. The topological polar surface area (TPSA) is 38.9 Å². The summed E-state index contributed by atoms with van der Waals surface area (Å²) in [5.41, 5.74) is 5.35. The number of nitrogens with two attached hydrogens (primary N) is 1. The molecule has 0 aliphatic rings. The third-order valence-corrected chi connectivity index (χ3v) is 1.60. The van der Waals surface area contributed by atoms with Crippen molar-refractivity contribution in [2.75, 3.05) is 5.73 Å². The maximum absolute atomic E-state index is 5.57. The Morgan fingerprint density at radius 3 is 2.50 bits per heavy atom. The zero-order valence-corrected chi connectivity index (χ0v) is 8.00. The summed E-state index contributed by atoms with van der Waals surface area (Å²) in [6.07, 6.45) is 0. The molecule has 1 aromatic heterocycles. The zero-order chi connectivity index (χ0) is 6.85. The minimum atomic E-state index is 0. The van der Waals surface area contributed by atoms with Crippen molar-refractivity contribution < 1.29 is 0 Å². The van der Waals surface area contributed by atoms with Gasteiger partial charge in [-0.25, -0.2) is 4.98 Å². The molecule has 10 heavy (non-hydrogen) atoms. The van der Waals surface area contributed by atoms with E-state index in [1.165, 1.54) is 0 Å². The van der Waals surface area contributed by atoms with E-state index in [0.29, 0.717) is 15.4 Å². The number of aromatic nitrogens is 1. The van der Waals surface area contributed by atoms with Crippen LogP contribution in [0.4, 0.5) is 5.82 Å². The number of rotatable bonds is 0. The second-order valence-electron chi connectivity index (χ2n) is 1.50. The lowest BCUT2D eigenvalue weighted by atomic mass is 10.5. The van der Waals surface area contributed by atoms with E-state index in [9.17, 15) is 0 Å². The molecule has 0 aliphatic heterocycles. The molecule has 2 N–H and O–H groups in total. The molecular weight excluding hydrogens is 239 g/mol. The maximum Gasteiger partial charge on any atom is 0.143 e. The summed E-state index contributed by atoms with van der Waals surface area (Å²) in [7, 11) is 0. The molecule has 2 nitrogen and oxygen atoms in total. The molecule has 0 atom stereocenters. The van der Waals surface area contributed by atoms with Crippen molar-refractivity contribution in [3.8, 4) is 0 Å². The minimum Gasteiger partial charge on any atom is -0.382 e. The number of pyridine rings is 1. The summed E-state index contributed by atoms with van der Waals surface area (Å²) in [5, 5.41) is 0.484. The van der Waals surface area contributed by atoms with Crippen LogP contribution in [0.2, 0.25) is 5.02 Å². The highest BCUT2D eigenvalue weighted by Gasteiger charge is 1.94. The normalized spacial score (nSPS) is 8.60. The van der Waals surface area contributed by atoms with Gasteiger partial charge in [0.25, 0.3) is 0 Å². The molecule has 0 unspecified atom stereocenters. The van der Waals surface area contributed by atoms with Gasteiger partial charge in [0.15, 0.2) is 0 Å². The second-order valence-corrected chi connectivity index (χ2v) is 2.72. The number of halogens is 3. The average Bonchev–Trinajstić information content (AvgIpc) is 1.80. The quantitative estimate of drug-likeness (QED) is 0.712. The van der Waals surface area contributed by atoms with Gasteiger partial charge in [-0.2, -0.15) is 0 Å². The van der Waals surface area contributed by atoms with Gasteiger partial charge in [0, 0.05) is 0 Å². The SMILES string of the molecule is Cl.Nc1nc(Br)ccc1Cl. The lowest BCUT2D eigenvalue weighted by Gasteiger charge is -1.94. The largest absolute Gasteiger partial charge is 0.382 e. The summed E-state index contributed by atoms with van der Waals surface area (Å²) in [4.78, 5) is 3.84. The molecule has 56 valence electrons. The molecule has 0 fully saturated rings. The van der Waals surface area contributed by atoms with E-state index in [0.717, 1.165) is 0 Å². The number of nitrogens with zero attached hydrogens (tertiary/aromatic N) is 1. The van der Waals surface area contributed by atoms with Gasteiger partial charge in [0.1, 0.15) is 10.4 Å². The van der Waals surface area contributed by atoms with Crippen LogP contribution >= 0.6 is 39.9 Å². The highest BCUT2D eigenvalue weighted by molar-refractivity contribution is 9.10. The Kier molecular flexibility index (Phi) is 4.01. The van der Waals surface area contributed by atoms with Gasteiger partial charge in [0.2, 0.25) is 0 Å². The molecule has 0 radical (unpaired) electrons. The standard InChI is InChI=1S/C5H4BrClN2.ClH/c6-4-2-1-3(7)5(8)9-4;/h1-2H,(H2,8,9);1H. The Hall–Kier alpha value is 0.01000. The fraction of sp³-hybridized carbons (Fsp3) is 0. The Morgan fingerprint density at radius 1 is 1.50 bits per heavy atom. The van der Waals surface area contributed by atoms with Crippen molar-refractivity contribution >= 4 is 45.8 Å². The first-order valence-electron chi connectivity index (χ1n) is 2.27. The average molecular weight is 244 g/mol. The minimum absolute atomic E-state index is 0. The van der Waals surface area contributed by atoms with Crippen LogP contribution in [-0.4, -0.2) is 4.98 Å². The van der Waals surface area contributed by atoms with Crippen LogP contribution in [0.15, 0.2) is 16.7 Å². The number of hydrogen-bond donors (Lipinski definition) is 1. The van der Waals surface area contributed by atoms with Crippen molar-refractivity contribution in [1.82, 2.24) is 4.98 Å². The Morgan fingerprint density at radius 2 is 2.10 bits per heavy atom. The van der Waals surface area contributed by atoms with Gasteiger partial charge in [0.05, 0.1) is 5.02 Å². The maximum atomic E-state index is 5.57. The smallest absolute Gasteiger partial charge is 0.143 e. The summed E-state index contributed by atoms with van der Waals surface area (Å²) >= 11 is 8.72. The third-order valence-electron chi connectivity index (χ3n) is 0.839. The van der Waals surface area contributed by atoms with Crippen LogP contribution in [0.3, 0.4) is 0 Å². The summed E-state index contributed by atoms with van der Waals surface area (Å²) in [6, 6.07) is 3.42. The first kappa shape index (κ1) is 10.0. The van der Waals surface area contributed by atoms with Gasteiger partial charge in [-0.1, -0.05) is 11.6 Å². The highest BCUT2D eigenvalue weighted by atomic mass is 79.9. The van der Waals surface area contributed by atoms with Crippen LogP contribution in [0, 0.1) is 0 Å². The lowest BCUT2D eigenvalue weighted by molar-refractivity contribution is 1.29. The predicted molar refractivity (Wildman–Crippen MR) is 48.6 cm³/mol. The molecular formula is C5H5BrCl2N2. The number of nitrogen functional groups attached to an aromatic ring is 1. The van der Waals surface area contributed by atoms with Crippen LogP contribution in [-0.2, 0) is 0 Å². The van der Waals surface area contributed by atoms with Crippen molar-refractivity contribution in [2.45, 2.75) is 0 Å².